The Morgan fingerprint density at radius 1 is 1.35 bits per heavy atom. The molecule has 1 aromatic carbocycles. The number of nitrogens with zero attached hydrogens (tertiary/aromatic N) is 1. The fraction of sp³-hybridized carbons (Fsp3) is 0.400. The van der Waals surface area contributed by atoms with Crippen LogP contribution in [-0.2, 0) is 4.79 Å². The third kappa shape index (κ3) is 6.40. The summed E-state index contributed by atoms with van der Waals surface area (Å²) < 4.78 is 39.9. The molecule has 0 saturated carbocycles. The lowest BCUT2D eigenvalue weighted by molar-refractivity contribution is -0.118. The van der Waals surface area contributed by atoms with E-state index in [1.165, 1.54) is 6.07 Å². The summed E-state index contributed by atoms with van der Waals surface area (Å²) in [6.07, 6.45) is -1.25. The van der Waals surface area contributed by atoms with Gasteiger partial charge in [-0.2, -0.15) is 18.4 Å². The molecule has 1 atom stereocenters. The maximum atomic E-state index is 13.3. The topological polar surface area (TPSA) is 52.9 Å². The molecule has 0 saturated heterocycles. The molecule has 6 heteroatoms. The first-order valence-electron chi connectivity index (χ1n) is 8.53. The summed E-state index contributed by atoms with van der Waals surface area (Å²) in [4.78, 5) is 12.6. The number of carbonyl (C=O) groups is 1. The summed E-state index contributed by atoms with van der Waals surface area (Å²) in [5, 5.41) is 11.7. The number of hydrogen-bond donors (Lipinski definition) is 1. The number of unbranched alkanes of at least 4 members (excludes halogenated alkanes) is 1. The van der Waals surface area contributed by atoms with Crippen LogP contribution in [0.3, 0.4) is 0 Å². The van der Waals surface area contributed by atoms with Crippen LogP contribution in [0.1, 0.15) is 45.6 Å². The molecule has 1 N–H and O–H groups in total. The van der Waals surface area contributed by atoms with E-state index < -0.39 is 23.5 Å². The van der Waals surface area contributed by atoms with Crippen molar-refractivity contribution in [1.29, 1.82) is 5.26 Å². The van der Waals surface area contributed by atoms with Gasteiger partial charge in [-0.05, 0) is 37.1 Å². The zero-order valence-corrected chi connectivity index (χ0v) is 15.2. The van der Waals surface area contributed by atoms with Crippen molar-refractivity contribution in [2.75, 3.05) is 5.32 Å². The first kappa shape index (κ1) is 21.5. The second kappa shape index (κ2) is 9.81. The SMILES string of the molecule is CCC/C=C(\C=C(/Nc1cccc(C#N)c1)C(=O)C(C)CC)C(F)(F)F. The predicted molar refractivity (Wildman–Crippen MR) is 96.4 cm³/mol. The van der Waals surface area contributed by atoms with Crippen LogP contribution in [0.25, 0.3) is 0 Å². The molecule has 0 aliphatic rings. The van der Waals surface area contributed by atoms with Crippen LogP contribution >= 0.6 is 0 Å². The average molecular weight is 364 g/mol. The van der Waals surface area contributed by atoms with Gasteiger partial charge >= 0.3 is 6.18 Å². The van der Waals surface area contributed by atoms with Crippen LogP contribution < -0.4 is 5.32 Å². The van der Waals surface area contributed by atoms with Crippen LogP contribution in [0.15, 0.2) is 47.7 Å². The number of hydrogen-bond acceptors (Lipinski definition) is 3. The molecule has 0 heterocycles. The fourth-order valence-corrected chi connectivity index (χ4v) is 2.15. The Balaban J connectivity index is 3.34. The Labute approximate surface area is 152 Å². The van der Waals surface area contributed by atoms with Crippen molar-refractivity contribution in [3.63, 3.8) is 0 Å². The van der Waals surface area contributed by atoms with Crippen LogP contribution in [0.4, 0.5) is 18.9 Å². The van der Waals surface area contributed by atoms with Gasteiger partial charge in [0.1, 0.15) is 0 Å². The molecule has 1 rings (SSSR count). The molecule has 0 aromatic heterocycles. The fourth-order valence-electron chi connectivity index (χ4n) is 2.15. The van der Waals surface area contributed by atoms with Gasteiger partial charge in [-0.1, -0.05) is 39.3 Å². The Hall–Kier alpha value is -2.55. The summed E-state index contributed by atoms with van der Waals surface area (Å²) >= 11 is 0. The Bertz CT molecular complexity index is 727. The molecular weight excluding hydrogens is 341 g/mol. The summed E-state index contributed by atoms with van der Waals surface area (Å²) in [6.45, 7) is 5.26. The molecule has 1 unspecified atom stereocenters. The van der Waals surface area contributed by atoms with Gasteiger partial charge in [-0.15, -0.1) is 0 Å². The summed E-state index contributed by atoms with van der Waals surface area (Å²) in [5.74, 6) is -0.824. The average Bonchev–Trinajstić information content (AvgIpc) is 2.61. The van der Waals surface area contributed by atoms with Crippen molar-refractivity contribution < 1.29 is 18.0 Å². The number of halogens is 3. The van der Waals surface area contributed by atoms with E-state index in [1.54, 1.807) is 39.0 Å². The van der Waals surface area contributed by atoms with Crippen LogP contribution in [0.2, 0.25) is 0 Å². The second-order valence-electron chi connectivity index (χ2n) is 6.00. The van der Waals surface area contributed by atoms with E-state index in [-0.39, 0.29) is 12.1 Å². The second-order valence-corrected chi connectivity index (χ2v) is 6.00. The lowest BCUT2D eigenvalue weighted by atomic mass is 9.99. The van der Waals surface area contributed by atoms with E-state index >= 15 is 0 Å². The van der Waals surface area contributed by atoms with E-state index in [9.17, 15) is 18.0 Å². The van der Waals surface area contributed by atoms with E-state index in [1.807, 2.05) is 6.07 Å². The third-order valence-electron chi connectivity index (χ3n) is 3.88. The molecule has 3 nitrogen and oxygen atoms in total. The molecule has 26 heavy (non-hydrogen) atoms. The number of anilines is 1. The number of Topliss-reactive ketones (excluding diaryl/α,β-unsaturated/α-hetero) is 1. The van der Waals surface area contributed by atoms with E-state index in [2.05, 4.69) is 5.32 Å². The maximum absolute atomic E-state index is 13.3. The number of nitrogens with one attached hydrogen (secondary N) is 1. The highest BCUT2D eigenvalue weighted by Gasteiger charge is 2.33. The van der Waals surface area contributed by atoms with E-state index in [0.29, 0.717) is 24.1 Å². The highest BCUT2D eigenvalue weighted by molar-refractivity contribution is 6.00. The minimum atomic E-state index is -4.55. The molecular formula is C20H23F3N2O. The van der Waals surface area contributed by atoms with Crippen molar-refractivity contribution in [2.24, 2.45) is 5.92 Å². The van der Waals surface area contributed by atoms with Crippen LogP contribution in [0.5, 0.6) is 0 Å². The predicted octanol–water partition coefficient (Wildman–Crippen LogP) is 5.76. The normalized spacial score (nSPS) is 13.9. The van der Waals surface area contributed by atoms with Gasteiger partial charge in [0.2, 0.25) is 0 Å². The molecule has 0 fully saturated rings. The molecule has 0 amide bonds. The van der Waals surface area contributed by atoms with Crippen LogP contribution in [-0.4, -0.2) is 12.0 Å². The Kier molecular flexibility index (Phi) is 8.11. The van der Waals surface area contributed by atoms with Crippen LogP contribution in [0, 0.1) is 17.2 Å². The first-order valence-corrected chi connectivity index (χ1v) is 8.53. The highest BCUT2D eigenvalue weighted by Crippen LogP contribution is 2.29. The van der Waals surface area contributed by atoms with Gasteiger partial charge in [0.25, 0.3) is 0 Å². The maximum Gasteiger partial charge on any atom is 0.416 e. The zero-order chi connectivity index (χ0) is 19.7. The van der Waals surface area contributed by atoms with Crippen molar-refractivity contribution in [1.82, 2.24) is 0 Å². The minimum absolute atomic E-state index is 0.130. The number of carbonyl (C=O) groups excluding carboxylic acids is 1. The third-order valence-corrected chi connectivity index (χ3v) is 3.88. The van der Waals surface area contributed by atoms with Gasteiger partial charge in [0, 0.05) is 11.6 Å². The van der Waals surface area contributed by atoms with Gasteiger partial charge in [0.05, 0.1) is 22.9 Å². The quantitative estimate of drug-likeness (QED) is 0.471. The number of ketones is 1. The number of alkyl halides is 3. The first-order chi connectivity index (χ1) is 12.2. The number of benzene rings is 1. The van der Waals surface area contributed by atoms with Gasteiger partial charge in [-0.25, -0.2) is 0 Å². The molecule has 1 aromatic rings. The minimum Gasteiger partial charge on any atom is -0.353 e. The molecule has 0 bridgehead atoms. The van der Waals surface area contributed by atoms with E-state index in [0.717, 1.165) is 12.2 Å². The largest absolute Gasteiger partial charge is 0.416 e. The highest BCUT2D eigenvalue weighted by atomic mass is 19.4. The molecule has 0 aliphatic heterocycles. The zero-order valence-electron chi connectivity index (χ0n) is 15.2. The van der Waals surface area contributed by atoms with Gasteiger partial charge < -0.3 is 5.32 Å². The molecule has 0 aliphatic carbocycles. The number of allylic oxidation sites excluding steroid dienone is 4. The molecule has 0 spiro atoms. The van der Waals surface area contributed by atoms with Gasteiger partial charge in [0.15, 0.2) is 5.78 Å². The summed E-state index contributed by atoms with van der Waals surface area (Å²) in [7, 11) is 0. The van der Waals surface area contributed by atoms with Crippen molar-refractivity contribution in [2.45, 2.75) is 46.2 Å². The Morgan fingerprint density at radius 3 is 2.58 bits per heavy atom. The number of nitriles is 1. The van der Waals surface area contributed by atoms with Crippen molar-refractivity contribution in [3.8, 4) is 6.07 Å². The smallest absolute Gasteiger partial charge is 0.353 e. The van der Waals surface area contributed by atoms with Crippen molar-refractivity contribution in [3.05, 3.63) is 53.3 Å². The number of rotatable bonds is 8. The molecule has 0 radical (unpaired) electrons. The molecule has 140 valence electrons. The monoisotopic (exact) mass is 364 g/mol. The lowest BCUT2D eigenvalue weighted by Gasteiger charge is -2.16. The van der Waals surface area contributed by atoms with E-state index in [4.69, 9.17) is 5.26 Å². The summed E-state index contributed by atoms with van der Waals surface area (Å²) in [6, 6.07) is 8.22. The standard InChI is InChI=1S/C20H23F3N2O/c1-4-6-9-16(20(21,22)23)12-18(19(26)14(3)5-2)25-17-10-7-8-15(11-17)13-24/h7-12,14,25H,4-6H2,1-3H3/b16-9+,18-12-. The van der Waals surface area contributed by atoms with Crippen molar-refractivity contribution >= 4 is 11.5 Å². The lowest BCUT2D eigenvalue weighted by Crippen LogP contribution is -2.20. The summed E-state index contributed by atoms with van der Waals surface area (Å²) in [5.41, 5.74) is -0.240. The Morgan fingerprint density at radius 2 is 2.04 bits per heavy atom. The van der Waals surface area contributed by atoms with Gasteiger partial charge in [-0.3, -0.25) is 4.79 Å².